The SMILES string of the molecule is C1CNCC(CCC2CCOCC2)C1.Cl. The molecule has 1 N–H and O–H groups in total. The molecule has 2 heterocycles. The second kappa shape index (κ2) is 7.48. The molecule has 2 fully saturated rings. The Hall–Kier alpha value is 0.210. The average molecular weight is 234 g/mol. The van der Waals surface area contributed by atoms with E-state index in [0.29, 0.717) is 0 Å². The molecular formula is C12H24ClNO. The minimum atomic E-state index is 0. The van der Waals surface area contributed by atoms with Gasteiger partial charge in [0.2, 0.25) is 0 Å². The van der Waals surface area contributed by atoms with Crippen molar-refractivity contribution in [3.8, 4) is 0 Å². The van der Waals surface area contributed by atoms with E-state index in [1.807, 2.05) is 0 Å². The van der Waals surface area contributed by atoms with Gasteiger partial charge in [0.1, 0.15) is 0 Å². The van der Waals surface area contributed by atoms with Crippen LogP contribution in [0.15, 0.2) is 0 Å². The number of ether oxygens (including phenoxy) is 1. The zero-order valence-corrected chi connectivity index (χ0v) is 10.4. The molecule has 2 aliphatic rings. The first kappa shape index (κ1) is 13.3. The maximum absolute atomic E-state index is 5.38. The summed E-state index contributed by atoms with van der Waals surface area (Å²) in [6.07, 6.45) is 8.34. The van der Waals surface area contributed by atoms with Crippen LogP contribution in [-0.4, -0.2) is 26.3 Å². The Labute approximate surface area is 99.6 Å². The molecule has 0 saturated carbocycles. The van der Waals surface area contributed by atoms with Gasteiger partial charge in [-0.25, -0.2) is 0 Å². The third-order valence-electron chi connectivity index (χ3n) is 3.72. The summed E-state index contributed by atoms with van der Waals surface area (Å²) in [6, 6.07) is 0. The number of halogens is 1. The Morgan fingerprint density at radius 2 is 1.73 bits per heavy atom. The zero-order chi connectivity index (χ0) is 9.64. The van der Waals surface area contributed by atoms with Gasteiger partial charge in [0.25, 0.3) is 0 Å². The van der Waals surface area contributed by atoms with Gasteiger partial charge < -0.3 is 10.1 Å². The fraction of sp³-hybridized carbons (Fsp3) is 1.00. The molecule has 3 heteroatoms. The van der Waals surface area contributed by atoms with Crippen molar-refractivity contribution in [1.29, 1.82) is 0 Å². The zero-order valence-electron chi connectivity index (χ0n) is 9.54. The van der Waals surface area contributed by atoms with Crippen molar-refractivity contribution >= 4 is 12.4 Å². The van der Waals surface area contributed by atoms with Crippen molar-refractivity contribution < 1.29 is 4.74 Å². The Balaban J connectivity index is 0.00000112. The van der Waals surface area contributed by atoms with Crippen molar-refractivity contribution in [2.24, 2.45) is 11.8 Å². The summed E-state index contributed by atoms with van der Waals surface area (Å²) in [6.45, 7) is 4.53. The lowest BCUT2D eigenvalue weighted by Gasteiger charge is -2.26. The summed E-state index contributed by atoms with van der Waals surface area (Å²) in [4.78, 5) is 0. The molecule has 0 aromatic rings. The highest BCUT2D eigenvalue weighted by atomic mass is 35.5. The molecule has 0 aliphatic carbocycles. The summed E-state index contributed by atoms with van der Waals surface area (Å²) in [5, 5.41) is 3.50. The monoisotopic (exact) mass is 233 g/mol. The second-order valence-corrected chi connectivity index (χ2v) is 4.85. The Kier molecular flexibility index (Phi) is 6.62. The number of rotatable bonds is 3. The van der Waals surface area contributed by atoms with Crippen molar-refractivity contribution in [3.63, 3.8) is 0 Å². The largest absolute Gasteiger partial charge is 0.381 e. The molecule has 90 valence electrons. The van der Waals surface area contributed by atoms with E-state index in [9.17, 15) is 0 Å². The van der Waals surface area contributed by atoms with E-state index in [4.69, 9.17) is 4.74 Å². The lowest BCUT2D eigenvalue weighted by Crippen LogP contribution is -2.30. The van der Waals surface area contributed by atoms with Gasteiger partial charge >= 0.3 is 0 Å². The standard InChI is InChI=1S/C12H23NO.ClH/c1-2-12(10-13-7-1)4-3-11-5-8-14-9-6-11;/h11-13H,1-10H2;1H. The predicted molar refractivity (Wildman–Crippen MR) is 65.6 cm³/mol. The quantitative estimate of drug-likeness (QED) is 0.809. The summed E-state index contributed by atoms with van der Waals surface area (Å²) >= 11 is 0. The van der Waals surface area contributed by atoms with Gasteiger partial charge in [-0.2, -0.15) is 0 Å². The van der Waals surface area contributed by atoms with Crippen LogP contribution in [0.2, 0.25) is 0 Å². The first-order chi connectivity index (χ1) is 6.95. The molecule has 0 aromatic heterocycles. The van der Waals surface area contributed by atoms with Crippen molar-refractivity contribution in [3.05, 3.63) is 0 Å². The third kappa shape index (κ3) is 4.71. The topological polar surface area (TPSA) is 21.3 Å². The van der Waals surface area contributed by atoms with Crippen LogP contribution >= 0.6 is 12.4 Å². The molecular weight excluding hydrogens is 210 g/mol. The fourth-order valence-electron chi connectivity index (χ4n) is 2.68. The highest BCUT2D eigenvalue weighted by Crippen LogP contribution is 2.24. The van der Waals surface area contributed by atoms with Crippen LogP contribution in [0.25, 0.3) is 0 Å². The smallest absolute Gasteiger partial charge is 0.0468 e. The van der Waals surface area contributed by atoms with Gasteiger partial charge in [-0.05, 0) is 63.5 Å². The van der Waals surface area contributed by atoms with Crippen LogP contribution in [-0.2, 0) is 4.74 Å². The van der Waals surface area contributed by atoms with Crippen molar-refractivity contribution in [2.45, 2.75) is 38.5 Å². The Morgan fingerprint density at radius 3 is 2.40 bits per heavy atom. The minimum absolute atomic E-state index is 0. The third-order valence-corrected chi connectivity index (χ3v) is 3.72. The van der Waals surface area contributed by atoms with E-state index in [-0.39, 0.29) is 12.4 Å². The first-order valence-corrected chi connectivity index (χ1v) is 6.23. The van der Waals surface area contributed by atoms with Crippen LogP contribution in [0, 0.1) is 11.8 Å². The lowest BCUT2D eigenvalue weighted by atomic mass is 9.87. The molecule has 2 nitrogen and oxygen atoms in total. The van der Waals surface area contributed by atoms with Gasteiger partial charge in [0, 0.05) is 13.2 Å². The highest BCUT2D eigenvalue weighted by Gasteiger charge is 2.17. The van der Waals surface area contributed by atoms with Crippen LogP contribution < -0.4 is 5.32 Å². The second-order valence-electron chi connectivity index (χ2n) is 4.85. The molecule has 2 aliphatic heterocycles. The Morgan fingerprint density at radius 1 is 1.00 bits per heavy atom. The molecule has 0 bridgehead atoms. The minimum Gasteiger partial charge on any atom is -0.381 e. The molecule has 0 radical (unpaired) electrons. The molecule has 0 aromatic carbocycles. The van der Waals surface area contributed by atoms with Crippen molar-refractivity contribution in [2.75, 3.05) is 26.3 Å². The van der Waals surface area contributed by atoms with Crippen LogP contribution in [0.1, 0.15) is 38.5 Å². The normalized spacial score (nSPS) is 28.4. The summed E-state index contributed by atoms with van der Waals surface area (Å²) < 4.78 is 5.38. The molecule has 0 amide bonds. The fourth-order valence-corrected chi connectivity index (χ4v) is 2.68. The summed E-state index contributed by atoms with van der Waals surface area (Å²) in [5.74, 6) is 1.93. The van der Waals surface area contributed by atoms with E-state index in [1.54, 1.807) is 0 Å². The predicted octanol–water partition coefficient (Wildman–Crippen LogP) is 2.61. The lowest BCUT2D eigenvalue weighted by molar-refractivity contribution is 0.0614. The summed E-state index contributed by atoms with van der Waals surface area (Å²) in [7, 11) is 0. The molecule has 1 unspecified atom stereocenters. The van der Waals surface area contributed by atoms with Gasteiger partial charge in [0.15, 0.2) is 0 Å². The van der Waals surface area contributed by atoms with E-state index >= 15 is 0 Å². The van der Waals surface area contributed by atoms with E-state index < -0.39 is 0 Å². The number of nitrogens with one attached hydrogen (secondary N) is 1. The molecule has 1 atom stereocenters. The molecule has 2 saturated heterocycles. The molecule has 0 spiro atoms. The number of piperidine rings is 1. The van der Waals surface area contributed by atoms with E-state index in [1.165, 1.54) is 51.6 Å². The summed E-state index contributed by atoms with van der Waals surface area (Å²) in [5.41, 5.74) is 0. The number of hydrogen-bond donors (Lipinski definition) is 1. The average Bonchev–Trinajstić information content (AvgIpc) is 2.29. The molecule has 2 rings (SSSR count). The van der Waals surface area contributed by atoms with E-state index in [2.05, 4.69) is 5.32 Å². The molecule has 15 heavy (non-hydrogen) atoms. The van der Waals surface area contributed by atoms with Gasteiger partial charge in [-0.1, -0.05) is 0 Å². The van der Waals surface area contributed by atoms with E-state index in [0.717, 1.165) is 25.0 Å². The maximum atomic E-state index is 5.38. The van der Waals surface area contributed by atoms with Crippen LogP contribution in [0.3, 0.4) is 0 Å². The van der Waals surface area contributed by atoms with Gasteiger partial charge in [-0.3, -0.25) is 0 Å². The highest BCUT2D eigenvalue weighted by molar-refractivity contribution is 5.85. The van der Waals surface area contributed by atoms with Crippen molar-refractivity contribution in [1.82, 2.24) is 5.32 Å². The number of hydrogen-bond acceptors (Lipinski definition) is 2. The van der Waals surface area contributed by atoms with Crippen LogP contribution in [0.4, 0.5) is 0 Å². The van der Waals surface area contributed by atoms with Gasteiger partial charge in [0.05, 0.1) is 0 Å². The first-order valence-electron chi connectivity index (χ1n) is 6.23. The van der Waals surface area contributed by atoms with Crippen LogP contribution in [0.5, 0.6) is 0 Å². The van der Waals surface area contributed by atoms with Gasteiger partial charge in [-0.15, -0.1) is 12.4 Å². The maximum Gasteiger partial charge on any atom is 0.0468 e. The Bertz CT molecular complexity index is 136.